The van der Waals surface area contributed by atoms with E-state index in [0.29, 0.717) is 16.2 Å². The highest BCUT2D eigenvalue weighted by atomic mass is 32.1. The number of aryl methyl sites for hydroxylation is 1. The van der Waals surface area contributed by atoms with Crippen LogP contribution in [0.4, 0.5) is 5.69 Å². The van der Waals surface area contributed by atoms with Crippen LogP contribution in [-0.4, -0.2) is 21.9 Å². The van der Waals surface area contributed by atoms with Gasteiger partial charge in [0.05, 0.1) is 11.3 Å². The van der Waals surface area contributed by atoms with E-state index >= 15 is 0 Å². The Labute approximate surface area is 155 Å². The molecule has 0 saturated carbocycles. The van der Waals surface area contributed by atoms with Crippen molar-refractivity contribution in [2.24, 2.45) is 0 Å². The molecule has 0 atom stereocenters. The minimum absolute atomic E-state index is 0.0369. The predicted molar refractivity (Wildman–Crippen MR) is 103 cm³/mol. The van der Waals surface area contributed by atoms with Crippen LogP contribution in [0.1, 0.15) is 41.5 Å². The van der Waals surface area contributed by atoms with Crippen molar-refractivity contribution >= 4 is 28.0 Å². The Morgan fingerprint density at radius 2 is 2.15 bits per heavy atom. The first-order chi connectivity index (χ1) is 12.6. The molecule has 2 aromatic heterocycles. The third-order valence-corrected chi connectivity index (χ3v) is 4.92. The van der Waals surface area contributed by atoms with Gasteiger partial charge in [-0.05, 0) is 25.5 Å². The molecule has 0 aliphatic rings. The van der Waals surface area contributed by atoms with E-state index in [0.717, 1.165) is 30.8 Å². The molecule has 0 unspecified atom stereocenters. The Morgan fingerprint density at radius 1 is 1.35 bits per heavy atom. The first kappa shape index (κ1) is 18.1. The van der Waals surface area contributed by atoms with E-state index in [2.05, 4.69) is 17.2 Å². The second-order valence-electron chi connectivity index (χ2n) is 5.98. The summed E-state index contributed by atoms with van der Waals surface area (Å²) in [5.41, 5.74) is 2.36. The number of ether oxygens (including phenoxy) is 1. The zero-order valence-corrected chi connectivity index (χ0v) is 15.6. The van der Waals surface area contributed by atoms with Gasteiger partial charge < -0.3 is 10.1 Å². The molecule has 2 heterocycles. The molecule has 1 N–H and O–H groups in total. The average Bonchev–Trinajstić information content (AvgIpc) is 3.02. The number of thiazole rings is 1. The smallest absolute Gasteiger partial charge is 0.340 e. The Balaban J connectivity index is 1.72. The molecule has 6 nitrogen and oxygen atoms in total. The lowest BCUT2D eigenvalue weighted by Crippen LogP contribution is -2.16. The Kier molecular flexibility index (Phi) is 5.68. The maximum Gasteiger partial charge on any atom is 0.340 e. The molecule has 0 aliphatic heterocycles. The van der Waals surface area contributed by atoms with E-state index < -0.39 is 5.97 Å². The van der Waals surface area contributed by atoms with Crippen LogP contribution in [-0.2, 0) is 11.3 Å². The molecular formula is C19H21N3O3S. The topological polar surface area (TPSA) is 72.7 Å². The summed E-state index contributed by atoms with van der Waals surface area (Å²) >= 11 is 1.39. The molecular weight excluding hydrogens is 350 g/mol. The summed E-state index contributed by atoms with van der Waals surface area (Å²) in [6.07, 6.45) is 2.10. The number of fused-ring (bicyclic) bond motifs is 1. The van der Waals surface area contributed by atoms with E-state index in [-0.39, 0.29) is 12.2 Å². The van der Waals surface area contributed by atoms with Crippen LogP contribution in [0.3, 0.4) is 0 Å². The maximum atomic E-state index is 12.5. The summed E-state index contributed by atoms with van der Waals surface area (Å²) in [7, 11) is 0. The van der Waals surface area contributed by atoms with Gasteiger partial charge in [-0.1, -0.05) is 25.5 Å². The van der Waals surface area contributed by atoms with E-state index in [1.54, 1.807) is 16.5 Å². The molecule has 3 rings (SSSR count). The first-order valence-electron chi connectivity index (χ1n) is 8.57. The second kappa shape index (κ2) is 8.14. The molecule has 26 heavy (non-hydrogen) atoms. The number of carbonyl (C=O) groups excluding carboxylic acids is 1. The van der Waals surface area contributed by atoms with Crippen molar-refractivity contribution in [2.45, 2.75) is 33.3 Å². The highest BCUT2D eigenvalue weighted by Crippen LogP contribution is 2.17. The number of unbranched alkanes of at least 4 members (excludes halogenated alkanes) is 1. The van der Waals surface area contributed by atoms with Crippen LogP contribution in [0.25, 0.3) is 4.96 Å². The molecule has 0 radical (unpaired) electrons. The monoisotopic (exact) mass is 371 g/mol. The van der Waals surface area contributed by atoms with Gasteiger partial charge in [-0.15, -0.1) is 11.3 Å². The molecule has 0 aliphatic carbocycles. The van der Waals surface area contributed by atoms with Crippen LogP contribution in [0.5, 0.6) is 0 Å². The summed E-state index contributed by atoms with van der Waals surface area (Å²) in [6, 6.07) is 8.67. The SMILES string of the molecule is CCCCNc1ccccc1C(=O)OCc1cc(=O)n2c(C)csc2n1. The Hall–Kier alpha value is -2.67. The lowest BCUT2D eigenvalue weighted by atomic mass is 10.1. The second-order valence-corrected chi connectivity index (χ2v) is 6.82. The number of para-hydroxylation sites is 1. The van der Waals surface area contributed by atoms with Crippen LogP contribution >= 0.6 is 11.3 Å². The normalized spacial score (nSPS) is 10.8. The zero-order chi connectivity index (χ0) is 18.5. The molecule has 0 bridgehead atoms. The fraction of sp³-hybridized carbons (Fsp3) is 0.316. The van der Waals surface area contributed by atoms with Crippen molar-refractivity contribution in [3.8, 4) is 0 Å². The van der Waals surface area contributed by atoms with E-state index in [1.165, 1.54) is 17.4 Å². The van der Waals surface area contributed by atoms with E-state index in [4.69, 9.17) is 4.74 Å². The van der Waals surface area contributed by atoms with Crippen molar-refractivity contribution in [1.82, 2.24) is 9.38 Å². The standard InChI is InChI=1S/C19H21N3O3S/c1-3-4-9-20-16-8-6-5-7-15(16)18(24)25-11-14-10-17(23)22-13(2)12-26-19(22)21-14/h5-8,10,12,20H,3-4,9,11H2,1-2H3. The molecule has 1 aromatic carbocycles. The lowest BCUT2D eigenvalue weighted by Gasteiger charge is -2.11. The van der Waals surface area contributed by atoms with E-state index in [9.17, 15) is 9.59 Å². The number of hydrogen-bond donors (Lipinski definition) is 1. The third kappa shape index (κ3) is 3.94. The summed E-state index contributed by atoms with van der Waals surface area (Å²) in [4.78, 5) is 29.6. The summed E-state index contributed by atoms with van der Waals surface area (Å²) < 4.78 is 6.93. The van der Waals surface area contributed by atoms with Gasteiger partial charge in [-0.2, -0.15) is 0 Å². The van der Waals surface area contributed by atoms with Crippen molar-refractivity contribution in [1.29, 1.82) is 0 Å². The van der Waals surface area contributed by atoms with Crippen LogP contribution in [0.2, 0.25) is 0 Å². The summed E-state index contributed by atoms with van der Waals surface area (Å²) in [6.45, 7) is 4.73. The average molecular weight is 371 g/mol. The fourth-order valence-electron chi connectivity index (χ4n) is 2.61. The molecule has 0 saturated heterocycles. The summed E-state index contributed by atoms with van der Waals surface area (Å²) in [5.74, 6) is -0.436. The van der Waals surface area contributed by atoms with Gasteiger partial charge in [0.1, 0.15) is 6.61 Å². The zero-order valence-electron chi connectivity index (χ0n) is 14.8. The maximum absolute atomic E-state index is 12.5. The van der Waals surface area contributed by atoms with Gasteiger partial charge >= 0.3 is 5.97 Å². The van der Waals surface area contributed by atoms with Gasteiger partial charge in [0.2, 0.25) is 0 Å². The quantitative estimate of drug-likeness (QED) is 0.507. The highest BCUT2D eigenvalue weighted by Gasteiger charge is 2.14. The molecule has 7 heteroatoms. The van der Waals surface area contributed by atoms with Gasteiger partial charge in [-0.3, -0.25) is 9.20 Å². The number of hydrogen-bond acceptors (Lipinski definition) is 6. The number of nitrogens with one attached hydrogen (secondary N) is 1. The minimum Gasteiger partial charge on any atom is -0.456 e. The van der Waals surface area contributed by atoms with Crippen LogP contribution in [0.15, 0.2) is 40.5 Å². The van der Waals surface area contributed by atoms with Gasteiger partial charge in [0.15, 0.2) is 4.96 Å². The van der Waals surface area contributed by atoms with E-state index in [1.807, 2.05) is 24.4 Å². The van der Waals surface area contributed by atoms with Crippen LogP contribution < -0.4 is 10.9 Å². The third-order valence-electron chi connectivity index (χ3n) is 3.97. The highest BCUT2D eigenvalue weighted by molar-refractivity contribution is 7.15. The number of rotatable bonds is 7. The van der Waals surface area contributed by atoms with Crippen molar-refractivity contribution < 1.29 is 9.53 Å². The minimum atomic E-state index is -0.436. The lowest BCUT2D eigenvalue weighted by molar-refractivity contribution is 0.0469. The van der Waals surface area contributed by atoms with Crippen molar-refractivity contribution in [2.75, 3.05) is 11.9 Å². The number of esters is 1. The van der Waals surface area contributed by atoms with Gasteiger partial charge in [0, 0.05) is 29.4 Å². The molecule has 0 fully saturated rings. The molecule has 0 amide bonds. The number of nitrogens with zero attached hydrogens (tertiary/aromatic N) is 2. The predicted octanol–water partition coefficient (Wildman–Crippen LogP) is 3.63. The number of aromatic nitrogens is 2. The Morgan fingerprint density at radius 3 is 2.96 bits per heavy atom. The van der Waals surface area contributed by atoms with Gasteiger partial charge in [0.25, 0.3) is 5.56 Å². The molecule has 136 valence electrons. The Bertz CT molecular complexity index is 978. The molecule has 0 spiro atoms. The number of carbonyl (C=O) groups is 1. The largest absolute Gasteiger partial charge is 0.456 e. The number of benzene rings is 1. The fourth-order valence-corrected chi connectivity index (χ4v) is 3.50. The van der Waals surface area contributed by atoms with Crippen molar-refractivity contribution in [3.63, 3.8) is 0 Å². The number of anilines is 1. The van der Waals surface area contributed by atoms with Crippen molar-refractivity contribution in [3.05, 3.63) is 63.0 Å². The molecule has 3 aromatic rings. The van der Waals surface area contributed by atoms with Gasteiger partial charge in [-0.25, -0.2) is 9.78 Å². The first-order valence-corrected chi connectivity index (χ1v) is 9.45. The summed E-state index contributed by atoms with van der Waals surface area (Å²) in [5, 5.41) is 5.13. The van der Waals surface area contributed by atoms with Crippen LogP contribution in [0, 0.1) is 6.92 Å².